The Morgan fingerprint density at radius 2 is 2.10 bits per heavy atom. The molecule has 0 bridgehead atoms. The SMILES string of the molecule is C=CCCOCCN1CC(C)(C)NCC1c1ccccc1. The second-order valence-corrected chi connectivity index (χ2v) is 6.35. The number of rotatable bonds is 7. The Labute approximate surface area is 129 Å². The van der Waals surface area contributed by atoms with Crippen molar-refractivity contribution in [1.29, 1.82) is 0 Å². The van der Waals surface area contributed by atoms with Crippen LogP contribution in [-0.2, 0) is 4.74 Å². The van der Waals surface area contributed by atoms with Crippen LogP contribution >= 0.6 is 0 Å². The lowest BCUT2D eigenvalue weighted by molar-refractivity contribution is 0.0502. The summed E-state index contributed by atoms with van der Waals surface area (Å²) in [4.78, 5) is 2.54. The van der Waals surface area contributed by atoms with Crippen molar-refractivity contribution in [2.24, 2.45) is 0 Å². The molecule has 3 nitrogen and oxygen atoms in total. The molecule has 1 aromatic carbocycles. The molecule has 1 fully saturated rings. The minimum atomic E-state index is 0.159. The first-order chi connectivity index (χ1) is 10.1. The van der Waals surface area contributed by atoms with Crippen LogP contribution in [0.4, 0.5) is 0 Å². The number of benzene rings is 1. The van der Waals surface area contributed by atoms with E-state index in [0.29, 0.717) is 6.04 Å². The van der Waals surface area contributed by atoms with Crippen LogP contribution in [-0.4, -0.2) is 43.3 Å². The van der Waals surface area contributed by atoms with Gasteiger partial charge < -0.3 is 10.1 Å². The third-order valence-electron chi connectivity index (χ3n) is 3.99. The van der Waals surface area contributed by atoms with Crippen LogP contribution in [0.5, 0.6) is 0 Å². The van der Waals surface area contributed by atoms with Crippen molar-refractivity contribution in [3.8, 4) is 0 Å². The number of nitrogens with zero attached hydrogens (tertiary/aromatic N) is 1. The van der Waals surface area contributed by atoms with Gasteiger partial charge in [-0.15, -0.1) is 6.58 Å². The Bertz CT molecular complexity index is 430. The van der Waals surface area contributed by atoms with E-state index in [2.05, 4.69) is 61.0 Å². The summed E-state index contributed by atoms with van der Waals surface area (Å²) in [5.74, 6) is 0. The first kappa shape index (κ1) is 16.2. The molecule has 3 heteroatoms. The molecule has 1 unspecified atom stereocenters. The van der Waals surface area contributed by atoms with Gasteiger partial charge in [-0.1, -0.05) is 36.4 Å². The quantitative estimate of drug-likeness (QED) is 0.616. The van der Waals surface area contributed by atoms with E-state index in [0.717, 1.165) is 39.3 Å². The monoisotopic (exact) mass is 288 g/mol. The Hall–Kier alpha value is -1.16. The second-order valence-electron chi connectivity index (χ2n) is 6.35. The van der Waals surface area contributed by atoms with E-state index in [9.17, 15) is 0 Å². The molecular weight excluding hydrogens is 260 g/mol. The zero-order valence-corrected chi connectivity index (χ0v) is 13.3. The third kappa shape index (κ3) is 4.95. The van der Waals surface area contributed by atoms with Crippen molar-refractivity contribution < 1.29 is 4.74 Å². The topological polar surface area (TPSA) is 24.5 Å². The third-order valence-corrected chi connectivity index (χ3v) is 3.99. The number of nitrogens with one attached hydrogen (secondary N) is 1. The number of piperazine rings is 1. The van der Waals surface area contributed by atoms with Gasteiger partial charge in [-0.05, 0) is 25.8 Å². The molecule has 1 aliphatic heterocycles. The summed E-state index contributed by atoms with van der Waals surface area (Å²) in [6, 6.07) is 11.2. The summed E-state index contributed by atoms with van der Waals surface area (Å²) >= 11 is 0. The molecular formula is C18H28N2O. The average molecular weight is 288 g/mol. The molecule has 1 heterocycles. The highest BCUT2D eigenvalue weighted by Crippen LogP contribution is 2.26. The van der Waals surface area contributed by atoms with Crippen molar-refractivity contribution >= 4 is 0 Å². The number of ether oxygens (including phenoxy) is 1. The fourth-order valence-corrected chi connectivity index (χ4v) is 2.87. The fraction of sp³-hybridized carbons (Fsp3) is 0.556. The van der Waals surface area contributed by atoms with Gasteiger partial charge in [0.15, 0.2) is 0 Å². The van der Waals surface area contributed by atoms with Crippen molar-refractivity contribution in [2.45, 2.75) is 31.8 Å². The van der Waals surface area contributed by atoms with Crippen LogP contribution in [0, 0.1) is 0 Å². The van der Waals surface area contributed by atoms with Crippen LogP contribution in [0.1, 0.15) is 31.9 Å². The van der Waals surface area contributed by atoms with E-state index in [1.807, 2.05) is 6.08 Å². The summed E-state index contributed by atoms with van der Waals surface area (Å²) in [5, 5.41) is 3.65. The number of hydrogen-bond donors (Lipinski definition) is 1. The lowest BCUT2D eigenvalue weighted by Gasteiger charge is -2.44. The van der Waals surface area contributed by atoms with Gasteiger partial charge in [0.25, 0.3) is 0 Å². The standard InChI is InChI=1S/C18H28N2O/c1-4-5-12-21-13-11-20-15-18(2,3)19-14-17(20)16-9-7-6-8-10-16/h4,6-10,17,19H,1,5,11-15H2,2-3H3. The normalized spacial score (nSPS) is 22.1. The molecule has 21 heavy (non-hydrogen) atoms. The summed E-state index contributed by atoms with van der Waals surface area (Å²) in [6.07, 6.45) is 2.83. The molecule has 1 saturated heterocycles. The molecule has 1 aromatic rings. The van der Waals surface area contributed by atoms with Crippen molar-refractivity contribution in [3.05, 3.63) is 48.6 Å². The van der Waals surface area contributed by atoms with E-state index in [4.69, 9.17) is 4.74 Å². The molecule has 1 aliphatic rings. The first-order valence-electron chi connectivity index (χ1n) is 7.85. The highest BCUT2D eigenvalue weighted by atomic mass is 16.5. The van der Waals surface area contributed by atoms with E-state index >= 15 is 0 Å². The van der Waals surface area contributed by atoms with Crippen LogP contribution in [0.2, 0.25) is 0 Å². The summed E-state index contributed by atoms with van der Waals surface area (Å²) < 4.78 is 5.70. The minimum absolute atomic E-state index is 0.159. The Kier molecular flexibility index (Phi) is 5.97. The van der Waals surface area contributed by atoms with E-state index in [-0.39, 0.29) is 5.54 Å². The lowest BCUT2D eigenvalue weighted by Crippen LogP contribution is -2.58. The molecule has 0 aromatic heterocycles. The van der Waals surface area contributed by atoms with E-state index in [1.54, 1.807) is 0 Å². The van der Waals surface area contributed by atoms with Gasteiger partial charge in [0.05, 0.1) is 13.2 Å². The van der Waals surface area contributed by atoms with Gasteiger partial charge in [0.2, 0.25) is 0 Å². The highest BCUT2D eigenvalue weighted by molar-refractivity contribution is 5.20. The minimum Gasteiger partial charge on any atom is -0.380 e. The molecule has 1 N–H and O–H groups in total. The van der Waals surface area contributed by atoms with Crippen LogP contribution in [0.15, 0.2) is 43.0 Å². The van der Waals surface area contributed by atoms with Crippen molar-refractivity contribution in [3.63, 3.8) is 0 Å². The molecule has 116 valence electrons. The molecule has 0 spiro atoms. The maximum absolute atomic E-state index is 5.70. The summed E-state index contributed by atoms with van der Waals surface area (Å²) in [7, 11) is 0. The van der Waals surface area contributed by atoms with Gasteiger partial charge in [-0.2, -0.15) is 0 Å². The maximum atomic E-state index is 5.70. The second kappa shape index (κ2) is 7.74. The van der Waals surface area contributed by atoms with Crippen LogP contribution in [0.3, 0.4) is 0 Å². The zero-order valence-electron chi connectivity index (χ0n) is 13.3. The summed E-state index contributed by atoms with van der Waals surface area (Å²) in [5.41, 5.74) is 1.54. The predicted octanol–water partition coefficient (Wildman–Crippen LogP) is 3.00. The molecule has 2 rings (SSSR count). The number of hydrogen-bond acceptors (Lipinski definition) is 3. The van der Waals surface area contributed by atoms with Gasteiger partial charge in [-0.3, -0.25) is 4.90 Å². The molecule has 0 aliphatic carbocycles. The van der Waals surface area contributed by atoms with Crippen LogP contribution < -0.4 is 5.32 Å². The lowest BCUT2D eigenvalue weighted by atomic mass is 9.95. The van der Waals surface area contributed by atoms with E-state index < -0.39 is 0 Å². The fourth-order valence-electron chi connectivity index (χ4n) is 2.87. The van der Waals surface area contributed by atoms with Gasteiger partial charge in [-0.25, -0.2) is 0 Å². The van der Waals surface area contributed by atoms with Crippen molar-refractivity contribution in [2.75, 3.05) is 32.8 Å². The molecule has 0 radical (unpaired) electrons. The zero-order chi connectivity index (χ0) is 15.1. The van der Waals surface area contributed by atoms with E-state index in [1.165, 1.54) is 5.56 Å². The molecule has 1 atom stereocenters. The first-order valence-corrected chi connectivity index (χ1v) is 7.85. The maximum Gasteiger partial charge on any atom is 0.0593 e. The highest BCUT2D eigenvalue weighted by Gasteiger charge is 2.32. The Balaban J connectivity index is 1.95. The Morgan fingerprint density at radius 3 is 2.81 bits per heavy atom. The van der Waals surface area contributed by atoms with Crippen molar-refractivity contribution in [1.82, 2.24) is 10.2 Å². The van der Waals surface area contributed by atoms with Crippen LogP contribution in [0.25, 0.3) is 0 Å². The molecule has 0 saturated carbocycles. The Morgan fingerprint density at radius 1 is 1.33 bits per heavy atom. The van der Waals surface area contributed by atoms with Gasteiger partial charge >= 0.3 is 0 Å². The van der Waals surface area contributed by atoms with Gasteiger partial charge in [0, 0.05) is 31.2 Å². The largest absolute Gasteiger partial charge is 0.380 e. The predicted molar refractivity (Wildman–Crippen MR) is 88.5 cm³/mol. The summed E-state index contributed by atoms with van der Waals surface area (Å²) in [6.45, 7) is 12.8. The van der Waals surface area contributed by atoms with Gasteiger partial charge in [0.1, 0.15) is 0 Å². The smallest absolute Gasteiger partial charge is 0.0593 e. The molecule has 0 amide bonds. The average Bonchev–Trinajstić information content (AvgIpc) is 2.47.